The Morgan fingerprint density at radius 2 is 2.11 bits per heavy atom. The Hall–Kier alpha value is -1.33. The van der Waals surface area contributed by atoms with Crippen LogP contribution in [0.2, 0.25) is 0 Å². The van der Waals surface area contributed by atoms with E-state index in [1.807, 2.05) is 12.3 Å². The molecule has 104 valence electrons. The minimum absolute atomic E-state index is 0.122. The third-order valence-electron chi connectivity index (χ3n) is 3.45. The average molecular weight is 280 g/mol. The Morgan fingerprint density at radius 3 is 2.74 bits per heavy atom. The predicted octanol–water partition coefficient (Wildman–Crippen LogP) is 2.10. The number of sulfone groups is 1. The second-order valence-electron chi connectivity index (χ2n) is 4.97. The van der Waals surface area contributed by atoms with Crippen molar-refractivity contribution in [2.24, 2.45) is 11.7 Å². The van der Waals surface area contributed by atoms with Gasteiger partial charge in [-0.1, -0.05) is 13.8 Å². The largest absolute Gasteiger partial charge is 0.361 e. The topological polar surface area (TPSA) is 76.0 Å². The number of aromatic nitrogens is 1. The second-order valence-corrected chi connectivity index (χ2v) is 7.25. The van der Waals surface area contributed by atoms with Crippen LogP contribution in [0.5, 0.6) is 0 Å². The molecule has 0 aliphatic rings. The molecule has 2 aromatic rings. The number of hydrogen-bond donors (Lipinski definition) is 2. The van der Waals surface area contributed by atoms with Gasteiger partial charge in [0.1, 0.15) is 0 Å². The number of aromatic amines is 1. The van der Waals surface area contributed by atoms with Gasteiger partial charge in [-0.15, -0.1) is 0 Å². The molecule has 1 aromatic heterocycles. The second kappa shape index (κ2) is 5.35. The smallest absolute Gasteiger partial charge is 0.178 e. The Balaban J connectivity index is 2.49. The van der Waals surface area contributed by atoms with E-state index in [0.717, 1.165) is 22.9 Å². The van der Waals surface area contributed by atoms with Crippen molar-refractivity contribution in [2.75, 3.05) is 12.3 Å². The molecule has 3 N–H and O–H groups in total. The summed E-state index contributed by atoms with van der Waals surface area (Å²) < 4.78 is 23.9. The summed E-state index contributed by atoms with van der Waals surface area (Å²) >= 11 is 0. The average Bonchev–Trinajstić information content (AvgIpc) is 2.81. The number of rotatable bonds is 5. The van der Waals surface area contributed by atoms with E-state index in [9.17, 15) is 8.42 Å². The minimum atomic E-state index is -3.16. The van der Waals surface area contributed by atoms with Crippen LogP contribution < -0.4 is 5.73 Å². The van der Waals surface area contributed by atoms with Gasteiger partial charge in [0.25, 0.3) is 0 Å². The van der Waals surface area contributed by atoms with Crippen LogP contribution in [-0.2, 0) is 16.3 Å². The van der Waals surface area contributed by atoms with Gasteiger partial charge in [0.15, 0.2) is 9.84 Å². The van der Waals surface area contributed by atoms with Gasteiger partial charge in [0, 0.05) is 17.1 Å². The maximum atomic E-state index is 11.9. The van der Waals surface area contributed by atoms with Crippen molar-refractivity contribution < 1.29 is 8.42 Å². The third kappa shape index (κ3) is 2.82. The SMILES string of the molecule is CCS(=O)(=O)c1ccc2[nH]cc(CC(C)CN)c2c1. The molecule has 0 aliphatic heterocycles. The standard InChI is InChI=1S/C14H20N2O2S/c1-3-19(17,18)12-4-5-14-13(7-12)11(9-16-14)6-10(2)8-15/h4-5,7,9-10,16H,3,6,8,15H2,1-2H3. The van der Waals surface area contributed by atoms with E-state index in [1.54, 1.807) is 19.1 Å². The summed E-state index contributed by atoms with van der Waals surface area (Å²) in [5, 5.41) is 0.981. The maximum Gasteiger partial charge on any atom is 0.178 e. The first kappa shape index (κ1) is 14.1. The first-order chi connectivity index (χ1) is 8.97. The Morgan fingerprint density at radius 1 is 1.37 bits per heavy atom. The van der Waals surface area contributed by atoms with Gasteiger partial charge in [-0.05, 0) is 42.6 Å². The monoisotopic (exact) mass is 280 g/mol. The van der Waals surface area contributed by atoms with E-state index in [0.29, 0.717) is 17.4 Å². The van der Waals surface area contributed by atoms with Gasteiger partial charge >= 0.3 is 0 Å². The van der Waals surface area contributed by atoms with Gasteiger partial charge in [-0.3, -0.25) is 0 Å². The summed E-state index contributed by atoms with van der Waals surface area (Å²) in [7, 11) is -3.16. The lowest BCUT2D eigenvalue weighted by Crippen LogP contribution is -2.12. The van der Waals surface area contributed by atoms with E-state index < -0.39 is 9.84 Å². The van der Waals surface area contributed by atoms with Crippen molar-refractivity contribution in [1.82, 2.24) is 4.98 Å². The summed E-state index contributed by atoms with van der Waals surface area (Å²) in [6.07, 6.45) is 2.80. The zero-order valence-corrected chi connectivity index (χ0v) is 12.1. The molecule has 0 bridgehead atoms. The van der Waals surface area contributed by atoms with Crippen LogP contribution in [-0.4, -0.2) is 25.7 Å². The molecule has 19 heavy (non-hydrogen) atoms. The van der Waals surface area contributed by atoms with Gasteiger partial charge in [0.2, 0.25) is 0 Å². The van der Waals surface area contributed by atoms with Gasteiger partial charge < -0.3 is 10.7 Å². The van der Waals surface area contributed by atoms with Crippen molar-refractivity contribution in [2.45, 2.75) is 25.2 Å². The predicted molar refractivity (Wildman–Crippen MR) is 77.9 cm³/mol. The van der Waals surface area contributed by atoms with Crippen molar-refractivity contribution >= 4 is 20.7 Å². The van der Waals surface area contributed by atoms with Crippen LogP contribution in [0, 0.1) is 5.92 Å². The van der Waals surface area contributed by atoms with E-state index in [4.69, 9.17) is 5.73 Å². The highest BCUT2D eigenvalue weighted by atomic mass is 32.2. The van der Waals surface area contributed by atoms with Crippen LogP contribution in [0.25, 0.3) is 10.9 Å². The first-order valence-electron chi connectivity index (χ1n) is 6.50. The lowest BCUT2D eigenvalue weighted by Gasteiger charge is -2.07. The maximum absolute atomic E-state index is 11.9. The number of fused-ring (bicyclic) bond motifs is 1. The van der Waals surface area contributed by atoms with E-state index >= 15 is 0 Å². The summed E-state index contributed by atoms with van der Waals surface area (Å²) in [5.74, 6) is 0.503. The lowest BCUT2D eigenvalue weighted by atomic mass is 10.0. The highest BCUT2D eigenvalue weighted by Crippen LogP contribution is 2.24. The summed E-state index contributed by atoms with van der Waals surface area (Å²) in [5.41, 5.74) is 7.74. The van der Waals surface area contributed by atoms with Crippen molar-refractivity contribution in [1.29, 1.82) is 0 Å². The van der Waals surface area contributed by atoms with Crippen LogP contribution in [0.3, 0.4) is 0 Å². The van der Waals surface area contributed by atoms with Gasteiger partial charge in [-0.25, -0.2) is 8.42 Å². The minimum Gasteiger partial charge on any atom is -0.361 e. The number of H-pyrrole nitrogens is 1. The van der Waals surface area contributed by atoms with Crippen LogP contribution in [0.15, 0.2) is 29.3 Å². The number of nitrogens with two attached hydrogens (primary N) is 1. The van der Waals surface area contributed by atoms with Crippen molar-refractivity contribution in [3.8, 4) is 0 Å². The molecule has 0 saturated carbocycles. The number of benzene rings is 1. The lowest BCUT2D eigenvalue weighted by molar-refractivity contribution is 0.595. The van der Waals surface area contributed by atoms with Crippen molar-refractivity contribution in [3.05, 3.63) is 30.0 Å². The molecule has 1 heterocycles. The molecule has 5 heteroatoms. The van der Waals surface area contributed by atoms with Crippen LogP contribution in [0.1, 0.15) is 19.4 Å². The highest BCUT2D eigenvalue weighted by Gasteiger charge is 2.14. The molecule has 1 aromatic carbocycles. The molecular formula is C14H20N2O2S. The molecule has 0 amide bonds. The molecule has 4 nitrogen and oxygen atoms in total. The Labute approximate surface area is 113 Å². The summed E-state index contributed by atoms with van der Waals surface area (Å²) in [6, 6.07) is 5.26. The molecule has 0 spiro atoms. The molecule has 0 saturated heterocycles. The number of hydrogen-bond acceptors (Lipinski definition) is 3. The van der Waals surface area contributed by atoms with Crippen LogP contribution >= 0.6 is 0 Å². The highest BCUT2D eigenvalue weighted by molar-refractivity contribution is 7.91. The summed E-state index contributed by atoms with van der Waals surface area (Å²) in [6.45, 7) is 4.37. The van der Waals surface area contributed by atoms with E-state index in [1.165, 1.54) is 0 Å². The Kier molecular flexibility index (Phi) is 3.96. The fourth-order valence-electron chi connectivity index (χ4n) is 2.15. The number of nitrogens with one attached hydrogen (secondary N) is 1. The molecule has 1 atom stereocenters. The van der Waals surface area contributed by atoms with E-state index in [-0.39, 0.29) is 5.75 Å². The first-order valence-corrected chi connectivity index (χ1v) is 8.16. The van der Waals surface area contributed by atoms with Gasteiger partial charge in [0.05, 0.1) is 10.6 Å². The van der Waals surface area contributed by atoms with Gasteiger partial charge in [-0.2, -0.15) is 0 Å². The fraction of sp³-hybridized carbons (Fsp3) is 0.429. The molecular weight excluding hydrogens is 260 g/mol. The zero-order valence-electron chi connectivity index (χ0n) is 11.3. The molecule has 0 radical (unpaired) electrons. The van der Waals surface area contributed by atoms with E-state index in [2.05, 4.69) is 11.9 Å². The van der Waals surface area contributed by atoms with Crippen molar-refractivity contribution in [3.63, 3.8) is 0 Å². The van der Waals surface area contributed by atoms with Crippen LogP contribution in [0.4, 0.5) is 0 Å². The summed E-state index contributed by atoms with van der Waals surface area (Å²) in [4.78, 5) is 3.57. The fourth-order valence-corrected chi connectivity index (χ4v) is 3.05. The quantitative estimate of drug-likeness (QED) is 0.880. The molecule has 0 fully saturated rings. The Bertz CT molecular complexity index is 674. The zero-order chi connectivity index (χ0) is 14.0. The molecule has 2 rings (SSSR count). The third-order valence-corrected chi connectivity index (χ3v) is 5.18. The normalized spacial score (nSPS) is 13.8. The molecule has 0 aliphatic carbocycles. The molecule has 1 unspecified atom stereocenters.